The number of benzene rings is 3. The summed E-state index contributed by atoms with van der Waals surface area (Å²) in [6.45, 7) is 0.503. The zero-order valence-corrected chi connectivity index (χ0v) is 19.6. The molecule has 0 saturated heterocycles. The summed E-state index contributed by atoms with van der Waals surface area (Å²) in [6, 6.07) is 23.4. The van der Waals surface area contributed by atoms with Crippen LogP contribution >= 0.6 is 0 Å². The lowest BCUT2D eigenvalue weighted by Gasteiger charge is -2.10. The Morgan fingerprint density at radius 2 is 1.74 bits per heavy atom. The number of aromatic amines is 1. The average molecular weight is 467 g/mol. The van der Waals surface area contributed by atoms with Gasteiger partial charge in [-0.1, -0.05) is 36.4 Å². The van der Waals surface area contributed by atoms with E-state index in [4.69, 9.17) is 14.6 Å². The predicted molar refractivity (Wildman–Crippen MR) is 136 cm³/mol. The molecule has 0 spiro atoms. The standard InChI is InChI=1S/C28H26N4O3/c1-34-25-13-12-19(16-26(25)35-2)27-23(18-32(31-27)21-8-4-3-5-9-21)28(33)29-15-14-20-17-30-24-11-7-6-10-22(20)24/h3-13,16-18,30H,14-15H2,1-2H3,(H,29,33). The first-order chi connectivity index (χ1) is 17.2. The number of hydrogen-bond donors (Lipinski definition) is 2. The van der Waals surface area contributed by atoms with Crippen LogP contribution in [0, 0.1) is 0 Å². The highest BCUT2D eigenvalue weighted by atomic mass is 16.5. The molecule has 0 unspecified atom stereocenters. The molecule has 5 aromatic rings. The number of H-pyrrole nitrogens is 1. The molecule has 2 heterocycles. The van der Waals surface area contributed by atoms with Crippen molar-refractivity contribution in [3.63, 3.8) is 0 Å². The monoisotopic (exact) mass is 466 g/mol. The van der Waals surface area contributed by atoms with E-state index in [2.05, 4.69) is 16.4 Å². The van der Waals surface area contributed by atoms with Gasteiger partial charge in [-0.15, -0.1) is 0 Å². The number of carbonyl (C=O) groups is 1. The van der Waals surface area contributed by atoms with Crippen molar-refractivity contribution < 1.29 is 14.3 Å². The minimum Gasteiger partial charge on any atom is -0.493 e. The van der Waals surface area contributed by atoms with Crippen LogP contribution in [-0.2, 0) is 6.42 Å². The SMILES string of the molecule is COc1ccc(-c2nn(-c3ccccc3)cc2C(=O)NCCc2c[nH]c3ccccc23)cc1OC. The first kappa shape index (κ1) is 22.3. The quantitative estimate of drug-likeness (QED) is 0.337. The molecular formula is C28H26N4O3. The highest BCUT2D eigenvalue weighted by Gasteiger charge is 2.20. The molecule has 3 aromatic carbocycles. The molecule has 7 nitrogen and oxygen atoms in total. The third kappa shape index (κ3) is 4.48. The Balaban J connectivity index is 1.43. The zero-order chi connectivity index (χ0) is 24.2. The lowest BCUT2D eigenvalue weighted by molar-refractivity contribution is 0.0955. The number of hydrogen-bond acceptors (Lipinski definition) is 4. The predicted octanol–water partition coefficient (Wildman–Crippen LogP) is 5.01. The third-order valence-corrected chi connectivity index (χ3v) is 5.99. The van der Waals surface area contributed by atoms with Crippen LogP contribution in [0.4, 0.5) is 0 Å². The van der Waals surface area contributed by atoms with E-state index < -0.39 is 0 Å². The Morgan fingerprint density at radius 3 is 2.54 bits per heavy atom. The summed E-state index contributed by atoms with van der Waals surface area (Å²) in [6.07, 6.45) is 4.48. The zero-order valence-electron chi connectivity index (χ0n) is 19.6. The average Bonchev–Trinajstić information content (AvgIpc) is 3.54. The van der Waals surface area contributed by atoms with E-state index in [1.807, 2.05) is 72.9 Å². The highest BCUT2D eigenvalue weighted by Crippen LogP contribution is 2.33. The van der Waals surface area contributed by atoms with Crippen molar-refractivity contribution >= 4 is 16.8 Å². The second-order valence-electron chi connectivity index (χ2n) is 8.11. The van der Waals surface area contributed by atoms with E-state index in [0.717, 1.165) is 16.8 Å². The Bertz CT molecular complexity index is 1470. The second kappa shape index (κ2) is 9.77. The number of ether oxygens (including phenoxy) is 2. The summed E-state index contributed by atoms with van der Waals surface area (Å²) in [4.78, 5) is 16.6. The number of methoxy groups -OCH3 is 2. The van der Waals surface area contributed by atoms with Crippen molar-refractivity contribution in [1.82, 2.24) is 20.1 Å². The Hall–Kier alpha value is -4.52. The Labute approximate surface area is 203 Å². The van der Waals surface area contributed by atoms with Crippen LogP contribution in [0.1, 0.15) is 15.9 Å². The Morgan fingerprint density at radius 1 is 0.971 bits per heavy atom. The summed E-state index contributed by atoms with van der Waals surface area (Å²) in [5.41, 5.74) is 4.94. The molecule has 35 heavy (non-hydrogen) atoms. The number of amides is 1. The first-order valence-corrected chi connectivity index (χ1v) is 11.4. The largest absolute Gasteiger partial charge is 0.493 e. The molecule has 0 aliphatic heterocycles. The van der Waals surface area contributed by atoms with E-state index in [1.165, 1.54) is 10.9 Å². The van der Waals surface area contributed by atoms with Crippen molar-refractivity contribution in [2.45, 2.75) is 6.42 Å². The molecule has 0 radical (unpaired) electrons. The van der Waals surface area contributed by atoms with Crippen molar-refractivity contribution in [1.29, 1.82) is 0 Å². The molecule has 2 N–H and O–H groups in total. The number of nitrogens with one attached hydrogen (secondary N) is 2. The number of carbonyl (C=O) groups excluding carboxylic acids is 1. The van der Waals surface area contributed by atoms with Crippen molar-refractivity contribution in [3.8, 4) is 28.4 Å². The maximum Gasteiger partial charge on any atom is 0.255 e. The summed E-state index contributed by atoms with van der Waals surface area (Å²) >= 11 is 0. The van der Waals surface area contributed by atoms with Gasteiger partial charge in [-0.25, -0.2) is 4.68 Å². The summed E-state index contributed by atoms with van der Waals surface area (Å²) in [7, 11) is 3.18. The van der Waals surface area contributed by atoms with Crippen molar-refractivity contribution in [3.05, 3.63) is 96.3 Å². The maximum atomic E-state index is 13.3. The molecule has 1 amide bonds. The lowest BCUT2D eigenvalue weighted by atomic mass is 10.1. The number of rotatable bonds is 8. The van der Waals surface area contributed by atoms with Crippen molar-refractivity contribution in [2.75, 3.05) is 20.8 Å². The molecule has 0 atom stereocenters. The molecule has 0 bridgehead atoms. The molecule has 2 aromatic heterocycles. The highest BCUT2D eigenvalue weighted by molar-refractivity contribution is 6.00. The van der Waals surface area contributed by atoms with Gasteiger partial charge in [0.25, 0.3) is 5.91 Å². The minimum absolute atomic E-state index is 0.184. The van der Waals surface area contributed by atoms with Crippen LogP contribution in [0.3, 0.4) is 0 Å². The van der Waals surface area contributed by atoms with Gasteiger partial charge in [0.15, 0.2) is 11.5 Å². The van der Waals surface area contributed by atoms with Gasteiger partial charge in [0, 0.05) is 35.4 Å². The van der Waals surface area contributed by atoms with Gasteiger partial charge in [-0.2, -0.15) is 5.10 Å². The normalized spacial score (nSPS) is 10.9. The van der Waals surface area contributed by atoms with Crippen LogP contribution in [0.2, 0.25) is 0 Å². The van der Waals surface area contributed by atoms with Crippen LogP contribution in [0.25, 0.3) is 27.8 Å². The number of aromatic nitrogens is 3. The van der Waals surface area contributed by atoms with Gasteiger partial charge in [-0.05, 0) is 48.4 Å². The van der Waals surface area contributed by atoms with E-state index in [1.54, 1.807) is 25.1 Å². The third-order valence-electron chi connectivity index (χ3n) is 5.99. The summed E-state index contributed by atoms with van der Waals surface area (Å²) in [5, 5.41) is 8.99. The van der Waals surface area contributed by atoms with Gasteiger partial charge >= 0.3 is 0 Å². The van der Waals surface area contributed by atoms with Gasteiger partial charge in [0.05, 0.1) is 25.5 Å². The molecule has 0 aliphatic carbocycles. The smallest absolute Gasteiger partial charge is 0.255 e. The van der Waals surface area contributed by atoms with E-state index >= 15 is 0 Å². The lowest BCUT2D eigenvalue weighted by Crippen LogP contribution is -2.25. The fourth-order valence-electron chi connectivity index (χ4n) is 4.19. The molecule has 0 fully saturated rings. The first-order valence-electron chi connectivity index (χ1n) is 11.4. The summed E-state index contributed by atoms with van der Waals surface area (Å²) in [5.74, 6) is 1.00. The minimum atomic E-state index is -0.184. The second-order valence-corrected chi connectivity index (χ2v) is 8.11. The van der Waals surface area contributed by atoms with Gasteiger partial charge in [-0.3, -0.25) is 4.79 Å². The molecule has 7 heteroatoms. The van der Waals surface area contributed by atoms with E-state index in [0.29, 0.717) is 35.7 Å². The molecule has 5 rings (SSSR count). The molecule has 0 saturated carbocycles. The van der Waals surface area contributed by atoms with Crippen LogP contribution in [0.15, 0.2) is 85.2 Å². The summed E-state index contributed by atoms with van der Waals surface area (Å²) < 4.78 is 12.6. The molecule has 0 aliphatic rings. The van der Waals surface area contributed by atoms with Crippen LogP contribution in [-0.4, -0.2) is 41.4 Å². The Kier molecular flexibility index (Phi) is 6.22. The van der Waals surface area contributed by atoms with Crippen molar-refractivity contribution in [2.24, 2.45) is 0 Å². The number of nitrogens with zero attached hydrogens (tertiary/aromatic N) is 2. The maximum absolute atomic E-state index is 13.3. The van der Waals surface area contributed by atoms with Crippen LogP contribution in [0.5, 0.6) is 11.5 Å². The van der Waals surface area contributed by atoms with Crippen LogP contribution < -0.4 is 14.8 Å². The number of para-hydroxylation sites is 2. The fourth-order valence-corrected chi connectivity index (χ4v) is 4.19. The van der Waals surface area contributed by atoms with Gasteiger partial charge < -0.3 is 19.8 Å². The molecular weight excluding hydrogens is 440 g/mol. The van der Waals surface area contributed by atoms with E-state index in [-0.39, 0.29) is 5.91 Å². The van der Waals surface area contributed by atoms with Gasteiger partial charge in [0.1, 0.15) is 5.69 Å². The van der Waals surface area contributed by atoms with E-state index in [9.17, 15) is 4.79 Å². The fraction of sp³-hybridized carbons (Fsp3) is 0.143. The molecule has 176 valence electrons. The topological polar surface area (TPSA) is 81.2 Å². The number of fused-ring (bicyclic) bond motifs is 1. The van der Waals surface area contributed by atoms with Gasteiger partial charge in [0.2, 0.25) is 0 Å².